The molecule has 1 aliphatic heterocycles. The molecule has 134 valence electrons. The standard InChI is InChI=1S/C18H28ClN3O2/c1-12(2)10-21(6)16-14(19)9-13-11-22(8-7-15(13)20-16)17(23)24-18(3,4)5/h9,12H,7-8,10-11H2,1-6H3. The average Bonchev–Trinajstić information content (AvgIpc) is 2.43. The molecule has 2 heterocycles. The molecule has 0 unspecified atom stereocenters. The molecule has 0 saturated carbocycles. The first-order valence-electron chi connectivity index (χ1n) is 8.44. The maximum Gasteiger partial charge on any atom is 0.410 e. The molecular weight excluding hydrogens is 326 g/mol. The number of carbonyl (C=O) groups excluding carboxylic acids is 1. The third-order valence-corrected chi connectivity index (χ3v) is 4.04. The smallest absolute Gasteiger partial charge is 0.410 e. The van der Waals surface area contributed by atoms with Gasteiger partial charge in [-0.2, -0.15) is 0 Å². The maximum absolute atomic E-state index is 12.2. The van der Waals surface area contributed by atoms with Crippen LogP contribution in [-0.4, -0.2) is 41.7 Å². The molecule has 0 fully saturated rings. The summed E-state index contributed by atoms with van der Waals surface area (Å²) >= 11 is 6.43. The van der Waals surface area contributed by atoms with Gasteiger partial charge in [0.2, 0.25) is 0 Å². The number of hydrogen-bond donors (Lipinski definition) is 0. The lowest BCUT2D eigenvalue weighted by molar-refractivity contribution is 0.0223. The fraction of sp³-hybridized carbons (Fsp3) is 0.667. The Kier molecular flexibility index (Phi) is 5.63. The van der Waals surface area contributed by atoms with E-state index in [9.17, 15) is 4.79 Å². The van der Waals surface area contributed by atoms with Gasteiger partial charge in [0, 0.05) is 32.3 Å². The molecule has 0 aromatic carbocycles. The Balaban J connectivity index is 2.16. The second kappa shape index (κ2) is 7.18. The molecule has 0 aliphatic carbocycles. The zero-order valence-electron chi connectivity index (χ0n) is 15.5. The maximum atomic E-state index is 12.2. The van der Waals surface area contributed by atoms with Gasteiger partial charge >= 0.3 is 6.09 Å². The number of aromatic nitrogens is 1. The van der Waals surface area contributed by atoms with E-state index in [4.69, 9.17) is 21.3 Å². The molecule has 0 N–H and O–H groups in total. The van der Waals surface area contributed by atoms with Crippen LogP contribution < -0.4 is 4.90 Å². The van der Waals surface area contributed by atoms with Crippen molar-refractivity contribution in [2.75, 3.05) is 25.0 Å². The number of halogens is 1. The van der Waals surface area contributed by atoms with Gasteiger partial charge in [0.15, 0.2) is 0 Å². The second-order valence-electron chi connectivity index (χ2n) is 7.83. The fourth-order valence-electron chi connectivity index (χ4n) is 2.82. The van der Waals surface area contributed by atoms with E-state index in [-0.39, 0.29) is 6.09 Å². The van der Waals surface area contributed by atoms with Crippen LogP contribution in [0, 0.1) is 5.92 Å². The lowest BCUT2D eigenvalue weighted by Gasteiger charge is -2.31. The zero-order valence-corrected chi connectivity index (χ0v) is 16.3. The first-order valence-corrected chi connectivity index (χ1v) is 8.82. The number of amides is 1. The molecule has 0 bridgehead atoms. The summed E-state index contributed by atoms with van der Waals surface area (Å²) in [6.45, 7) is 12.0. The molecule has 1 amide bonds. The van der Waals surface area contributed by atoms with E-state index in [1.54, 1.807) is 4.90 Å². The number of anilines is 1. The molecule has 2 rings (SSSR count). The monoisotopic (exact) mass is 353 g/mol. The summed E-state index contributed by atoms with van der Waals surface area (Å²) in [5.74, 6) is 1.35. The topological polar surface area (TPSA) is 45.7 Å². The summed E-state index contributed by atoms with van der Waals surface area (Å²) in [6, 6.07) is 1.94. The number of nitrogens with zero attached hydrogens (tertiary/aromatic N) is 3. The summed E-state index contributed by atoms with van der Waals surface area (Å²) in [6.07, 6.45) is 0.430. The fourth-order valence-corrected chi connectivity index (χ4v) is 3.14. The third kappa shape index (κ3) is 4.76. The van der Waals surface area contributed by atoms with Gasteiger partial charge in [-0.3, -0.25) is 0 Å². The van der Waals surface area contributed by atoms with Crippen molar-refractivity contribution < 1.29 is 9.53 Å². The van der Waals surface area contributed by atoms with Crippen molar-refractivity contribution in [3.8, 4) is 0 Å². The van der Waals surface area contributed by atoms with Gasteiger partial charge in [-0.1, -0.05) is 25.4 Å². The summed E-state index contributed by atoms with van der Waals surface area (Å²) in [7, 11) is 2.01. The predicted molar refractivity (Wildman–Crippen MR) is 97.7 cm³/mol. The first kappa shape index (κ1) is 18.8. The van der Waals surface area contributed by atoms with Crippen LogP contribution in [0.4, 0.5) is 10.6 Å². The SMILES string of the molecule is CC(C)CN(C)c1nc2c(cc1Cl)CN(C(=O)OC(C)(C)C)CC2. The molecule has 0 atom stereocenters. The van der Waals surface area contributed by atoms with Crippen LogP contribution in [0.25, 0.3) is 0 Å². The number of carbonyl (C=O) groups is 1. The quantitative estimate of drug-likeness (QED) is 0.820. The van der Waals surface area contributed by atoms with Crippen molar-refractivity contribution >= 4 is 23.5 Å². The first-order chi connectivity index (χ1) is 11.1. The minimum Gasteiger partial charge on any atom is -0.444 e. The van der Waals surface area contributed by atoms with Crippen molar-refractivity contribution in [3.63, 3.8) is 0 Å². The number of fused-ring (bicyclic) bond motifs is 1. The van der Waals surface area contributed by atoms with Crippen LogP contribution in [0.15, 0.2) is 6.07 Å². The molecule has 24 heavy (non-hydrogen) atoms. The third-order valence-electron chi connectivity index (χ3n) is 3.76. The Labute approximate surface area is 149 Å². The van der Waals surface area contributed by atoms with E-state index in [0.29, 0.717) is 30.5 Å². The number of hydrogen-bond acceptors (Lipinski definition) is 4. The van der Waals surface area contributed by atoms with Gasteiger partial charge in [0.1, 0.15) is 11.4 Å². The van der Waals surface area contributed by atoms with Gasteiger partial charge in [-0.25, -0.2) is 9.78 Å². The minimum absolute atomic E-state index is 0.287. The molecule has 1 aliphatic rings. The van der Waals surface area contributed by atoms with E-state index in [1.807, 2.05) is 33.9 Å². The van der Waals surface area contributed by atoms with E-state index < -0.39 is 5.60 Å². The molecule has 5 nitrogen and oxygen atoms in total. The summed E-state index contributed by atoms with van der Waals surface area (Å²) in [5, 5.41) is 0.628. The Morgan fingerprint density at radius 3 is 2.71 bits per heavy atom. The van der Waals surface area contributed by atoms with E-state index >= 15 is 0 Å². The van der Waals surface area contributed by atoms with Crippen molar-refractivity contribution in [3.05, 3.63) is 22.3 Å². The van der Waals surface area contributed by atoms with Crippen LogP contribution in [0.2, 0.25) is 5.02 Å². The predicted octanol–water partition coefficient (Wildman–Crippen LogP) is 4.12. The molecule has 0 spiro atoms. The highest BCUT2D eigenvalue weighted by Crippen LogP contribution is 2.29. The molecule has 0 saturated heterocycles. The van der Waals surface area contributed by atoms with Gasteiger partial charge in [-0.05, 0) is 38.3 Å². The van der Waals surface area contributed by atoms with Crippen molar-refractivity contribution in [1.82, 2.24) is 9.88 Å². The zero-order chi connectivity index (χ0) is 18.1. The minimum atomic E-state index is -0.489. The van der Waals surface area contributed by atoms with E-state index in [2.05, 4.69) is 18.7 Å². The van der Waals surface area contributed by atoms with Crippen LogP contribution in [0.3, 0.4) is 0 Å². The van der Waals surface area contributed by atoms with E-state index in [0.717, 1.165) is 23.6 Å². The molecular formula is C18H28ClN3O2. The van der Waals surface area contributed by atoms with Gasteiger partial charge in [0.05, 0.1) is 11.6 Å². The lowest BCUT2D eigenvalue weighted by atomic mass is 10.1. The second-order valence-corrected chi connectivity index (χ2v) is 8.23. The van der Waals surface area contributed by atoms with Gasteiger partial charge in [0.25, 0.3) is 0 Å². The Bertz CT molecular complexity index is 611. The highest BCUT2D eigenvalue weighted by atomic mass is 35.5. The molecule has 1 aromatic rings. The van der Waals surface area contributed by atoms with Crippen LogP contribution >= 0.6 is 11.6 Å². The highest BCUT2D eigenvalue weighted by Gasteiger charge is 2.27. The van der Waals surface area contributed by atoms with Crippen molar-refractivity contribution in [2.24, 2.45) is 5.92 Å². The Hall–Kier alpha value is -1.49. The summed E-state index contributed by atoms with van der Waals surface area (Å²) < 4.78 is 5.45. The number of pyridine rings is 1. The lowest BCUT2D eigenvalue weighted by Crippen LogP contribution is -2.40. The van der Waals surface area contributed by atoms with Gasteiger partial charge in [-0.15, -0.1) is 0 Å². The average molecular weight is 354 g/mol. The van der Waals surface area contributed by atoms with Gasteiger partial charge < -0.3 is 14.5 Å². The van der Waals surface area contributed by atoms with Crippen molar-refractivity contribution in [1.29, 1.82) is 0 Å². The molecule has 6 heteroatoms. The van der Waals surface area contributed by atoms with Crippen LogP contribution in [-0.2, 0) is 17.7 Å². The number of rotatable bonds is 3. The van der Waals surface area contributed by atoms with Crippen molar-refractivity contribution in [2.45, 2.75) is 53.2 Å². The van der Waals surface area contributed by atoms with Crippen LogP contribution in [0.1, 0.15) is 45.9 Å². The Morgan fingerprint density at radius 2 is 2.12 bits per heavy atom. The molecule has 1 aromatic heterocycles. The molecule has 0 radical (unpaired) electrons. The summed E-state index contributed by atoms with van der Waals surface area (Å²) in [4.78, 5) is 20.8. The number of ether oxygens (including phenoxy) is 1. The largest absolute Gasteiger partial charge is 0.444 e. The van der Waals surface area contributed by atoms with Crippen LogP contribution in [0.5, 0.6) is 0 Å². The van der Waals surface area contributed by atoms with E-state index in [1.165, 1.54) is 0 Å². The normalized spacial score (nSPS) is 14.6. The highest BCUT2D eigenvalue weighted by molar-refractivity contribution is 6.33. The summed E-state index contributed by atoms with van der Waals surface area (Å²) in [5.41, 5.74) is 1.53. The Morgan fingerprint density at radius 1 is 1.46 bits per heavy atom.